The molecule has 3 aliphatic heterocycles. The fraction of sp³-hybridized carbons (Fsp3) is 0.433. The van der Waals surface area contributed by atoms with E-state index in [0.717, 1.165) is 31.0 Å². The number of ether oxygens (including phenoxy) is 1. The van der Waals surface area contributed by atoms with Gasteiger partial charge < -0.3 is 20.7 Å². The van der Waals surface area contributed by atoms with Gasteiger partial charge in [-0.15, -0.1) is 11.3 Å². The van der Waals surface area contributed by atoms with Gasteiger partial charge in [0.25, 0.3) is 0 Å². The van der Waals surface area contributed by atoms with Crippen molar-refractivity contribution in [3.05, 3.63) is 41.0 Å². The maximum Gasteiger partial charge on any atom is 0.417 e. The second kappa shape index (κ2) is 11.2. The van der Waals surface area contributed by atoms with Gasteiger partial charge in [0, 0.05) is 41.5 Å². The summed E-state index contributed by atoms with van der Waals surface area (Å²) in [5.74, 6) is -2.16. The topological polar surface area (TPSA) is 134 Å². The van der Waals surface area contributed by atoms with E-state index in [1.165, 1.54) is 0 Å². The summed E-state index contributed by atoms with van der Waals surface area (Å²) in [6.07, 6.45) is -2.59. The van der Waals surface area contributed by atoms with Crippen LogP contribution in [0.5, 0.6) is 6.01 Å². The predicted octanol–water partition coefficient (Wildman–Crippen LogP) is 5.41. The van der Waals surface area contributed by atoms with Gasteiger partial charge in [-0.2, -0.15) is 28.4 Å². The lowest BCUT2D eigenvalue weighted by molar-refractivity contribution is -0.137. The van der Waals surface area contributed by atoms with Crippen molar-refractivity contribution in [2.45, 2.75) is 43.9 Å². The van der Waals surface area contributed by atoms with Crippen molar-refractivity contribution < 1.29 is 35.1 Å². The zero-order chi connectivity index (χ0) is 32.5. The Labute approximate surface area is 264 Å². The minimum absolute atomic E-state index is 0.0105. The highest BCUT2D eigenvalue weighted by Gasteiger charge is 2.40. The van der Waals surface area contributed by atoms with Gasteiger partial charge in [0.15, 0.2) is 5.82 Å². The molecule has 2 atom stereocenters. The summed E-state index contributed by atoms with van der Waals surface area (Å²) in [4.78, 5) is 10.6. The molecular formula is C30H27F5N6O3S2. The molecule has 9 nitrogen and oxygen atoms in total. The Kier molecular flexibility index (Phi) is 7.48. The number of aromatic nitrogens is 2. The minimum Gasteiger partial charge on any atom is -0.463 e. The molecule has 7 rings (SSSR count). The molecule has 2 unspecified atom stereocenters. The van der Waals surface area contributed by atoms with Crippen molar-refractivity contribution >= 4 is 53.0 Å². The summed E-state index contributed by atoms with van der Waals surface area (Å²) >= 11 is 0.692. The molecule has 0 radical (unpaired) electrons. The highest BCUT2D eigenvalue weighted by atomic mass is 32.2. The van der Waals surface area contributed by atoms with Crippen LogP contribution in [-0.4, -0.2) is 61.7 Å². The van der Waals surface area contributed by atoms with E-state index in [0.29, 0.717) is 37.3 Å². The van der Waals surface area contributed by atoms with Crippen molar-refractivity contribution in [2.24, 2.45) is 5.92 Å². The highest BCUT2D eigenvalue weighted by molar-refractivity contribution is 7.91. The summed E-state index contributed by atoms with van der Waals surface area (Å²) in [5.41, 5.74) is 2.66. The van der Waals surface area contributed by atoms with E-state index in [1.807, 2.05) is 11.0 Å². The standard InChI is InChI=1S/C30H27F5N6O3S2/c31-21-4-3-17(22-19(10-36)27(37)45-26(21)22)23-20(30(33,34)35)9-18-25(24(23)32)39-29(44-13-14-5-7-46(42,43)8-6-14)40-28(18)41-11-15-1-2-16(12-41)38-15/h3-4,9,14-16,38H,1-2,5-8,11-13,37H2. The van der Waals surface area contributed by atoms with E-state index >= 15 is 4.39 Å². The summed E-state index contributed by atoms with van der Waals surface area (Å²) in [6, 6.07) is 4.44. The number of nitrogens with two attached hydrogens (primary N) is 1. The minimum atomic E-state index is -5.06. The lowest BCUT2D eigenvalue weighted by Crippen LogP contribution is -2.51. The van der Waals surface area contributed by atoms with Crippen LogP contribution in [0.15, 0.2) is 18.2 Å². The van der Waals surface area contributed by atoms with E-state index in [-0.39, 0.29) is 79.5 Å². The molecule has 3 aliphatic rings. The normalized spacial score (nSPS) is 21.6. The molecule has 0 saturated carbocycles. The number of hydrogen-bond acceptors (Lipinski definition) is 10. The molecule has 0 aliphatic carbocycles. The fourth-order valence-corrected chi connectivity index (χ4v) is 9.30. The zero-order valence-corrected chi connectivity index (χ0v) is 25.8. The molecule has 16 heteroatoms. The first kappa shape index (κ1) is 30.8. The molecule has 5 heterocycles. The second-order valence-electron chi connectivity index (χ2n) is 12.0. The molecule has 2 aromatic heterocycles. The average molecular weight is 679 g/mol. The van der Waals surface area contributed by atoms with E-state index in [2.05, 4.69) is 15.3 Å². The number of nitrogen functional groups attached to an aromatic ring is 1. The van der Waals surface area contributed by atoms with Crippen LogP contribution in [0.3, 0.4) is 0 Å². The number of nitrogens with zero attached hydrogens (tertiary/aromatic N) is 4. The van der Waals surface area contributed by atoms with Gasteiger partial charge in [-0.25, -0.2) is 17.2 Å². The maximum absolute atomic E-state index is 16.8. The molecule has 3 fully saturated rings. The molecule has 0 spiro atoms. The summed E-state index contributed by atoms with van der Waals surface area (Å²) in [6.45, 7) is 0.887. The quantitative estimate of drug-likeness (QED) is 0.266. The van der Waals surface area contributed by atoms with Crippen molar-refractivity contribution in [3.63, 3.8) is 0 Å². The Morgan fingerprint density at radius 2 is 1.80 bits per heavy atom. The average Bonchev–Trinajstić information content (AvgIpc) is 3.53. The van der Waals surface area contributed by atoms with Crippen molar-refractivity contribution in [3.8, 4) is 23.2 Å². The van der Waals surface area contributed by atoms with Gasteiger partial charge in [-0.1, -0.05) is 6.07 Å². The van der Waals surface area contributed by atoms with Gasteiger partial charge in [0.2, 0.25) is 0 Å². The summed E-state index contributed by atoms with van der Waals surface area (Å²) in [7, 11) is -3.12. The largest absolute Gasteiger partial charge is 0.463 e. The third kappa shape index (κ3) is 5.37. The molecule has 3 saturated heterocycles. The Morgan fingerprint density at radius 3 is 2.46 bits per heavy atom. The molecule has 2 aromatic carbocycles. The first-order valence-electron chi connectivity index (χ1n) is 14.7. The first-order chi connectivity index (χ1) is 21.8. The van der Waals surface area contributed by atoms with Gasteiger partial charge in [-0.3, -0.25) is 0 Å². The number of fused-ring (bicyclic) bond motifs is 4. The van der Waals surface area contributed by atoms with Crippen LogP contribution in [0.4, 0.5) is 32.8 Å². The van der Waals surface area contributed by atoms with Crippen LogP contribution in [0, 0.1) is 28.9 Å². The number of sulfone groups is 1. The molecule has 4 aromatic rings. The van der Waals surface area contributed by atoms with Gasteiger partial charge in [-0.05, 0) is 49.3 Å². The summed E-state index contributed by atoms with van der Waals surface area (Å²) < 4.78 is 106. The number of alkyl halides is 3. The Hall–Kier alpha value is -3.81. The predicted molar refractivity (Wildman–Crippen MR) is 163 cm³/mol. The van der Waals surface area contributed by atoms with Crippen LogP contribution < -0.4 is 20.7 Å². The molecule has 242 valence electrons. The second-order valence-corrected chi connectivity index (χ2v) is 15.4. The zero-order valence-electron chi connectivity index (χ0n) is 24.1. The molecule has 0 amide bonds. The first-order valence-corrected chi connectivity index (χ1v) is 17.3. The van der Waals surface area contributed by atoms with E-state index < -0.39 is 44.3 Å². The number of benzene rings is 2. The monoisotopic (exact) mass is 678 g/mol. The highest BCUT2D eigenvalue weighted by Crippen LogP contribution is 2.48. The maximum atomic E-state index is 16.8. The number of thiophene rings is 1. The van der Waals surface area contributed by atoms with Crippen molar-refractivity contribution in [1.82, 2.24) is 15.3 Å². The number of piperazine rings is 1. The Balaban J connectivity index is 1.43. The number of hydrogen-bond donors (Lipinski definition) is 2. The number of nitriles is 1. The summed E-state index contributed by atoms with van der Waals surface area (Å²) in [5, 5.41) is 12.7. The molecular weight excluding hydrogens is 651 g/mol. The number of halogens is 5. The van der Waals surface area contributed by atoms with Crippen LogP contribution in [0.1, 0.15) is 36.8 Å². The fourth-order valence-electron chi connectivity index (χ4n) is 6.76. The Bertz CT molecular complexity index is 2020. The van der Waals surface area contributed by atoms with Crippen molar-refractivity contribution in [1.29, 1.82) is 5.26 Å². The van der Waals surface area contributed by atoms with Gasteiger partial charge in [0.1, 0.15) is 38.1 Å². The molecule has 3 N–H and O–H groups in total. The third-order valence-electron chi connectivity index (χ3n) is 9.03. The molecule has 2 bridgehead atoms. The smallest absolute Gasteiger partial charge is 0.417 e. The van der Waals surface area contributed by atoms with Crippen LogP contribution in [0.2, 0.25) is 0 Å². The number of anilines is 2. The van der Waals surface area contributed by atoms with Crippen molar-refractivity contribution in [2.75, 3.05) is 41.8 Å². The number of nitrogens with one attached hydrogen (secondary N) is 1. The SMILES string of the molecule is N#Cc1c(N)sc2c(F)ccc(-c3c(C(F)(F)F)cc4c(N5CC6CCC(C5)N6)nc(OCC5CCS(=O)(=O)CC5)nc4c3F)c12. The van der Waals surface area contributed by atoms with Crippen LogP contribution in [0.25, 0.3) is 32.1 Å². The number of rotatable bonds is 5. The third-order valence-corrected chi connectivity index (χ3v) is 11.8. The van der Waals surface area contributed by atoms with E-state index in [4.69, 9.17) is 10.5 Å². The van der Waals surface area contributed by atoms with E-state index in [1.54, 1.807) is 0 Å². The lowest BCUT2D eigenvalue weighted by atomic mass is 9.92. The van der Waals surface area contributed by atoms with Crippen LogP contribution in [-0.2, 0) is 16.0 Å². The van der Waals surface area contributed by atoms with Gasteiger partial charge >= 0.3 is 12.2 Å². The lowest BCUT2D eigenvalue weighted by Gasteiger charge is -2.34. The van der Waals surface area contributed by atoms with Gasteiger partial charge in [0.05, 0.1) is 33.9 Å². The molecule has 46 heavy (non-hydrogen) atoms. The van der Waals surface area contributed by atoms with E-state index in [9.17, 15) is 31.2 Å². The van der Waals surface area contributed by atoms with Crippen LogP contribution >= 0.6 is 11.3 Å². The Morgan fingerprint density at radius 1 is 1.11 bits per heavy atom.